The van der Waals surface area contributed by atoms with Crippen molar-refractivity contribution in [3.05, 3.63) is 59.1 Å². The van der Waals surface area contributed by atoms with E-state index in [0.29, 0.717) is 22.8 Å². The molecule has 0 aliphatic heterocycles. The number of halogens is 4. The van der Waals surface area contributed by atoms with Crippen molar-refractivity contribution in [1.29, 1.82) is 0 Å². The van der Waals surface area contributed by atoms with Gasteiger partial charge in [0, 0.05) is 11.3 Å². The zero-order valence-electron chi connectivity index (χ0n) is 19.6. The largest absolute Gasteiger partial charge is 0.493 e. The molecule has 0 unspecified atom stereocenters. The Hall–Kier alpha value is -4.39. The van der Waals surface area contributed by atoms with Gasteiger partial charge in [-0.15, -0.1) is 0 Å². The minimum Gasteiger partial charge on any atom is -0.493 e. The van der Waals surface area contributed by atoms with Crippen LogP contribution in [0.1, 0.15) is 11.1 Å². The smallest absolute Gasteiger partial charge is 0.417 e. The van der Waals surface area contributed by atoms with Crippen LogP contribution in [-0.2, 0) is 6.18 Å². The Morgan fingerprint density at radius 3 is 2.08 bits per heavy atom. The third-order valence-electron chi connectivity index (χ3n) is 5.03. The molecule has 0 radical (unpaired) electrons. The maximum absolute atomic E-state index is 13.2. The minimum atomic E-state index is -4.61. The van der Waals surface area contributed by atoms with Crippen LogP contribution >= 0.6 is 11.6 Å². The number of anilines is 3. The van der Waals surface area contributed by atoms with E-state index in [1.54, 1.807) is 12.1 Å². The molecule has 0 saturated heterocycles. The quantitative estimate of drug-likeness (QED) is 0.230. The van der Waals surface area contributed by atoms with Crippen LogP contribution in [0, 0.1) is 0 Å². The highest BCUT2D eigenvalue weighted by atomic mass is 35.5. The first-order valence-corrected chi connectivity index (χ1v) is 10.8. The molecule has 0 aliphatic rings. The number of rotatable bonds is 8. The van der Waals surface area contributed by atoms with Crippen LogP contribution in [0.2, 0.25) is 5.02 Å². The first-order chi connectivity index (χ1) is 17.7. The molecule has 0 saturated carbocycles. The SMILES string of the molecule is COc1cc(/C=N/Nc2ncnc3c(Nc4ccc(Cl)c(C(F)(F)F)c4)ncnc23)cc(OC)c1OC. The lowest BCUT2D eigenvalue weighted by atomic mass is 10.2. The molecule has 0 atom stereocenters. The number of alkyl halides is 3. The first-order valence-electron chi connectivity index (χ1n) is 10.4. The molecule has 2 heterocycles. The molecule has 14 heteroatoms. The highest BCUT2D eigenvalue weighted by Crippen LogP contribution is 2.38. The van der Waals surface area contributed by atoms with Crippen molar-refractivity contribution >= 4 is 46.2 Å². The summed E-state index contributed by atoms with van der Waals surface area (Å²) in [6, 6.07) is 6.84. The number of fused-ring (bicyclic) bond motifs is 1. The van der Waals surface area contributed by atoms with Crippen LogP contribution in [0.3, 0.4) is 0 Å². The van der Waals surface area contributed by atoms with Crippen LogP contribution in [0.4, 0.5) is 30.5 Å². The van der Waals surface area contributed by atoms with Crippen molar-refractivity contribution in [3.8, 4) is 17.2 Å². The third-order valence-corrected chi connectivity index (χ3v) is 5.36. The van der Waals surface area contributed by atoms with Gasteiger partial charge in [-0.1, -0.05) is 11.6 Å². The first kappa shape index (κ1) is 25.7. The van der Waals surface area contributed by atoms with Crippen molar-refractivity contribution in [2.75, 3.05) is 32.1 Å². The van der Waals surface area contributed by atoms with E-state index in [2.05, 4.69) is 35.8 Å². The second kappa shape index (κ2) is 10.7. The van der Waals surface area contributed by atoms with Crippen molar-refractivity contribution < 1.29 is 27.4 Å². The normalized spacial score (nSPS) is 11.5. The fourth-order valence-electron chi connectivity index (χ4n) is 3.35. The molecule has 2 aromatic heterocycles. The van der Waals surface area contributed by atoms with Gasteiger partial charge in [0.2, 0.25) is 5.75 Å². The van der Waals surface area contributed by atoms with Crippen molar-refractivity contribution in [2.45, 2.75) is 6.18 Å². The van der Waals surface area contributed by atoms with Crippen molar-refractivity contribution in [3.63, 3.8) is 0 Å². The summed E-state index contributed by atoms with van der Waals surface area (Å²) in [7, 11) is 4.51. The summed E-state index contributed by atoms with van der Waals surface area (Å²) in [5.74, 6) is 1.76. The number of nitrogens with one attached hydrogen (secondary N) is 2. The molecule has 2 aromatic carbocycles. The summed E-state index contributed by atoms with van der Waals surface area (Å²) in [4.78, 5) is 16.6. The summed E-state index contributed by atoms with van der Waals surface area (Å²) in [6.07, 6.45) is -0.636. The highest BCUT2D eigenvalue weighted by molar-refractivity contribution is 6.31. The summed E-state index contributed by atoms with van der Waals surface area (Å²) in [5, 5.41) is 6.61. The maximum atomic E-state index is 13.2. The monoisotopic (exact) mass is 533 g/mol. The third kappa shape index (κ3) is 5.56. The zero-order chi connectivity index (χ0) is 26.6. The molecule has 4 rings (SSSR count). The summed E-state index contributed by atoms with van der Waals surface area (Å²) < 4.78 is 55.7. The minimum absolute atomic E-state index is 0.116. The molecule has 4 aromatic rings. The van der Waals surface area contributed by atoms with Gasteiger partial charge in [-0.05, 0) is 30.3 Å². The zero-order valence-corrected chi connectivity index (χ0v) is 20.3. The number of aromatic nitrogens is 4. The Labute approximate surface area is 213 Å². The molecule has 0 amide bonds. The van der Waals surface area contributed by atoms with Crippen LogP contribution in [0.25, 0.3) is 11.0 Å². The maximum Gasteiger partial charge on any atom is 0.417 e. The van der Waals surface area contributed by atoms with Crippen LogP contribution in [0.5, 0.6) is 17.2 Å². The average molecular weight is 534 g/mol. The second-order valence-electron chi connectivity index (χ2n) is 7.29. The molecule has 0 bridgehead atoms. The van der Waals surface area contributed by atoms with E-state index in [0.717, 1.165) is 12.1 Å². The number of hydrogen-bond acceptors (Lipinski definition) is 10. The number of methoxy groups -OCH3 is 3. The molecule has 192 valence electrons. The fourth-order valence-corrected chi connectivity index (χ4v) is 3.58. The Kier molecular flexibility index (Phi) is 7.43. The number of benzene rings is 2. The Morgan fingerprint density at radius 2 is 1.49 bits per heavy atom. The van der Waals surface area contributed by atoms with Gasteiger partial charge in [-0.25, -0.2) is 19.9 Å². The van der Waals surface area contributed by atoms with Gasteiger partial charge < -0.3 is 19.5 Å². The van der Waals surface area contributed by atoms with Gasteiger partial charge in [0.15, 0.2) is 23.1 Å². The lowest BCUT2D eigenvalue weighted by Gasteiger charge is -2.13. The average Bonchev–Trinajstić information content (AvgIpc) is 2.88. The number of hydrogen-bond donors (Lipinski definition) is 2. The Balaban J connectivity index is 1.61. The predicted octanol–water partition coefficient (Wildman–Crippen LogP) is 5.31. The summed E-state index contributed by atoms with van der Waals surface area (Å²) in [6.45, 7) is 0. The number of nitrogens with zero attached hydrogens (tertiary/aromatic N) is 5. The van der Waals surface area contributed by atoms with Gasteiger partial charge in [-0.2, -0.15) is 18.3 Å². The van der Waals surface area contributed by atoms with Gasteiger partial charge in [0.05, 0.1) is 38.1 Å². The van der Waals surface area contributed by atoms with E-state index in [9.17, 15) is 13.2 Å². The van der Waals surface area contributed by atoms with Crippen LogP contribution < -0.4 is 25.0 Å². The molecule has 37 heavy (non-hydrogen) atoms. The lowest BCUT2D eigenvalue weighted by Crippen LogP contribution is -2.07. The molecule has 0 aliphatic carbocycles. The van der Waals surface area contributed by atoms with Gasteiger partial charge in [-0.3, -0.25) is 5.43 Å². The van der Waals surface area contributed by atoms with Gasteiger partial charge in [0.25, 0.3) is 0 Å². The number of ether oxygens (including phenoxy) is 3. The summed E-state index contributed by atoms with van der Waals surface area (Å²) in [5.41, 5.74) is 3.11. The van der Waals surface area contributed by atoms with E-state index in [1.165, 1.54) is 46.3 Å². The van der Waals surface area contributed by atoms with E-state index in [4.69, 9.17) is 25.8 Å². The molecule has 10 nitrogen and oxygen atoms in total. The molecule has 0 fully saturated rings. The fraction of sp³-hybridized carbons (Fsp3) is 0.174. The van der Waals surface area contributed by atoms with Gasteiger partial charge >= 0.3 is 6.18 Å². The van der Waals surface area contributed by atoms with Crippen molar-refractivity contribution in [1.82, 2.24) is 19.9 Å². The number of hydrazone groups is 1. The molecular weight excluding hydrogens is 515 g/mol. The topological polar surface area (TPSA) is 116 Å². The van der Waals surface area contributed by atoms with E-state index < -0.39 is 16.8 Å². The Morgan fingerprint density at radius 1 is 0.865 bits per heavy atom. The second-order valence-corrected chi connectivity index (χ2v) is 7.70. The van der Waals surface area contributed by atoms with E-state index in [-0.39, 0.29) is 28.4 Å². The van der Waals surface area contributed by atoms with Crippen LogP contribution in [0.15, 0.2) is 48.1 Å². The molecule has 0 spiro atoms. The van der Waals surface area contributed by atoms with Crippen molar-refractivity contribution in [2.24, 2.45) is 5.10 Å². The summed E-state index contributed by atoms with van der Waals surface area (Å²) >= 11 is 5.71. The van der Waals surface area contributed by atoms with Gasteiger partial charge in [0.1, 0.15) is 23.7 Å². The van der Waals surface area contributed by atoms with E-state index >= 15 is 0 Å². The van der Waals surface area contributed by atoms with Crippen LogP contribution in [-0.4, -0.2) is 47.5 Å². The highest BCUT2D eigenvalue weighted by Gasteiger charge is 2.33. The lowest BCUT2D eigenvalue weighted by molar-refractivity contribution is -0.137. The standard InChI is InChI=1S/C23H19ClF3N7O3/c1-35-16-6-12(7-17(36-2)20(16)37-3)9-32-34-22-19-18(28-11-31-22)21(30-10-29-19)33-13-4-5-15(24)14(8-13)23(25,26)27/h4-11H,1-3H3,(H,28,31,34)(H,29,30,33)/b32-9+. The molecule has 2 N–H and O–H groups in total. The van der Waals surface area contributed by atoms with E-state index in [1.807, 2.05) is 0 Å². The predicted molar refractivity (Wildman–Crippen MR) is 132 cm³/mol. The Bertz CT molecular complexity index is 1440. The molecular formula is C23H19ClF3N7O3.